The number of aliphatic hydroxyl groups excluding tert-OH is 1. The Bertz CT molecular complexity index is 749. The van der Waals surface area contributed by atoms with Gasteiger partial charge in [0.05, 0.1) is 18.2 Å². The molecule has 1 aliphatic heterocycles. The maximum Gasteiger partial charge on any atom is 0.322 e. The van der Waals surface area contributed by atoms with E-state index in [1.54, 1.807) is 11.1 Å². The first-order chi connectivity index (χ1) is 12.0. The van der Waals surface area contributed by atoms with Crippen LogP contribution in [-0.2, 0) is 9.63 Å². The average molecular weight is 343 g/mol. The van der Waals surface area contributed by atoms with Crippen LogP contribution in [0.4, 0.5) is 0 Å². The predicted molar refractivity (Wildman–Crippen MR) is 90.5 cm³/mol. The van der Waals surface area contributed by atoms with Gasteiger partial charge in [-0.3, -0.25) is 4.79 Å². The monoisotopic (exact) mass is 343 g/mol. The first-order valence-electron chi connectivity index (χ1n) is 8.19. The number of hydrogen-bond donors (Lipinski definition) is 3. The maximum absolute atomic E-state index is 11.6. The fourth-order valence-electron chi connectivity index (χ4n) is 3.33. The standard InChI is InChI=1S/C19H21NO5/c1-12(21)25-20-15(13-5-3-2-4-6-13)8-9-16(20)19(24)14-7-10-17(22)18(23)11-14/h2-7,10-11,15-16,19,22-24H,8-9H2,1H3. The van der Waals surface area contributed by atoms with E-state index in [0.29, 0.717) is 12.0 Å². The van der Waals surface area contributed by atoms with E-state index in [9.17, 15) is 20.1 Å². The number of aliphatic hydroxyl groups is 1. The van der Waals surface area contributed by atoms with E-state index < -0.39 is 18.1 Å². The molecule has 2 aromatic carbocycles. The van der Waals surface area contributed by atoms with Gasteiger partial charge in [0.25, 0.3) is 0 Å². The highest BCUT2D eigenvalue weighted by atomic mass is 16.7. The Morgan fingerprint density at radius 1 is 1.12 bits per heavy atom. The smallest absolute Gasteiger partial charge is 0.322 e. The van der Waals surface area contributed by atoms with Crippen LogP contribution in [0.3, 0.4) is 0 Å². The van der Waals surface area contributed by atoms with E-state index in [1.807, 2.05) is 30.3 Å². The SMILES string of the molecule is CC(=O)ON1C(c2ccccc2)CCC1C(O)c1ccc(O)c(O)c1. The van der Waals surface area contributed by atoms with Gasteiger partial charge in [-0.05, 0) is 36.1 Å². The van der Waals surface area contributed by atoms with Crippen LogP contribution in [-0.4, -0.2) is 32.4 Å². The predicted octanol–water partition coefficient (Wildman–Crippen LogP) is 2.82. The molecule has 1 saturated heterocycles. The molecule has 2 aromatic rings. The summed E-state index contributed by atoms with van der Waals surface area (Å²) < 4.78 is 0. The van der Waals surface area contributed by atoms with E-state index in [4.69, 9.17) is 4.84 Å². The van der Waals surface area contributed by atoms with Crippen LogP contribution in [0.2, 0.25) is 0 Å². The number of rotatable bonds is 4. The van der Waals surface area contributed by atoms with Gasteiger partial charge in [0.1, 0.15) is 0 Å². The molecule has 3 N–H and O–H groups in total. The van der Waals surface area contributed by atoms with Crippen molar-refractivity contribution in [3.05, 3.63) is 59.7 Å². The first kappa shape index (κ1) is 17.3. The fourth-order valence-corrected chi connectivity index (χ4v) is 3.33. The number of aromatic hydroxyl groups is 2. The number of nitrogens with zero attached hydrogens (tertiary/aromatic N) is 1. The lowest BCUT2D eigenvalue weighted by Crippen LogP contribution is -2.37. The molecule has 0 saturated carbocycles. The summed E-state index contributed by atoms with van der Waals surface area (Å²) in [5, 5.41) is 31.4. The normalized spacial score (nSPS) is 21.8. The highest BCUT2D eigenvalue weighted by Crippen LogP contribution is 2.42. The van der Waals surface area contributed by atoms with Gasteiger partial charge in [-0.1, -0.05) is 36.4 Å². The zero-order chi connectivity index (χ0) is 18.0. The lowest BCUT2D eigenvalue weighted by Gasteiger charge is -2.31. The minimum absolute atomic E-state index is 0.143. The molecule has 0 spiro atoms. The second kappa shape index (κ2) is 7.13. The maximum atomic E-state index is 11.6. The van der Waals surface area contributed by atoms with Gasteiger partial charge < -0.3 is 20.2 Å². The van der Waals surface area contributed by atoms with E-state index in [0.717, 1.165) is 12.0 Å². The quantitative estimate of drug-likeness (QED) is 0.740. The minimum atomic E-state index is -0.973. The van der Waals surface area contributed by atoms with Crippen LogP contribution in [0.25, 0.3) is 0 Å². The highest BCUT2D eigenvalue weighted by molar-refractivity contribution is 5.65. The molecule has 6 heteroatoms. The number of hydrogen-bond acceptors (Lipinski definition) is 6. The van der Waals surface area contributed by atoms with Crippen LogP contribution >= 0.6 is 0 Å². The third-order valence-corrected chi connectivity index (χ3v) is 4.49. The highest BCUT2D eigenvalue weighted by Gasteiger charge is 2.41. The van der Waals surface area contributed by atoms with Gasteiger partial charge in [-0.25, -0.2) is 0 Å². The van der Waals surface area contributed by atoms with Gasteiger partial charge in [0.15, 0.2) is 11.5 Å². The molecule has 0 aromatic heterocycles. The number of hydroxylamine groups is 2. The molecule has 1 aliphatic rings. The summed E-state index contributed by atoms with van der Waals surface area (Å²) in [6, 6.07) is 13.3. The lowest BCUT2D eigenvalue weighted by atomic mass is 10.00. The topological polar surface area (TPSA) is 90.2 Å². The largest absolute Gasteiger partial charge is 0.504 e. The Hall–Kier alpha value is -2.57. The number of benzene rings is 2. The van der Waals surface area contributed by atoms with E-state index in [2.05, 4.69) is 0 Å². The molecular weight excluding hydrogens is 322 g/mol. The molecular formula is C19H21NO5. The molecule has 3 unspecified atom stereocenters. The van der Waals surface area contributed by atoms with Crippen molar-refractivity contribution in [2.45, 2.75) is 38.0 Å². The van der Waals surface area contributed by atoms with Crippen LogP contribution < -0.4 is 0 Å². The molecule has 0 aliphatic carbocycles. The van der Waals surface area contributed by atoms with E-state index >= 15 is 0 Å². The van der Waals surface area contributed by atoms with Crippen molar-refractivity contribution in [2.75, 3.05) is 0 Å². The Labute approximate surface area is 145 Å². The summed E-state index contributed by atoms with van der Waals surface area (Å²) >= 11 is 0. The van der Waals surface area contributed by atoms with Crippen molar-refractivity contribution in [1.29, 1.82) is 0 Å². The molecule has 132 valence electrons. The molecule has 1 fully saturated rings. The van der Waals surface area contributed by atoms with Crippen LogP contribution in [0, 0.1) is 0 Å². The Kier molecular flexibility index (Phi) is 4.92. The molecule has 3 rings (SSSR count). The summed E-state index contributed by atoms with van der Waals surface area (Å²) in [5.74, 6) is -0.997. The fraction of sp³-hybridized carbons (Fsp3) is 0.316. The number of carbonyl (C=O) groups is 1. The zero-order valence-corrected chi connectivity index (χ0v) is 13.9. The summed E-state index contributed by atoms with van der Waals surface area (Å²) in [6.07, 6.45) is 0.373. The van der Waals surface area contributed by atoms with Gasteiger partial charge in [0, 0.05) is 6.92 Å². The Morgan fingerprint density at radius 3 is 2.48 bits per heavy atom. The molecule has 0 amide bonds. The van der Waals surface area contributed by atoms with Crippen LogP contribution in [0.5, 0.6) is 11.5 Å². The molecule has 25 heavy (non-hydrogen) atoms. The van der Waals surface area contributed by atoms with Gasteiger partial charge >= 0.3 is 5.97 Å². The Balaban J connectivity index is 1.88. The van der Waals surface area contributed by atoms with Crippen molar-refractivity contribution in [1.82, 2.24) is 5.06 Å². The molecule has 1 heterocycles. The van der Waals surface area contributed by atoms with Crippen molar-refractivity contribution >= 4 is 5.97 Å². The second-order valence-corrected chi connectivity index (χ2v) is 6.21. The summed E-state index contributed by atoms with van der Waals surface area (Å²) in [5.41, 5.74) is 1.46. The number of carbonyl (C=O) groups excluding carboxylic acids is 1. The van der Waals surface area contributed by atoms with Crippen molar-refractivity contribution in [3.8, 4) is 11.5 Å². The molecule has 0 radical (unpaired) electrons. The van der Waals surface area contributed by atoms with Gasteiger partial charge in [-0.15, -0.1) is 5.06 Å². The third-order valence-electron chi connectivity index (χ3n) is 4.49. The lowest BCUT2D eigenvalue weighted by molar-refractivity contribution is -0.213. The van der Waals surface area contributed by atoms with Crippen molar-refractivity contribution < 1.29 is 25.0 Å². The molecule has 0 bridgehead atoms. The molecule has 6 nitrogen and oxygen atoms in total. The average Bonchev–Trinajstić information content (AvgIpc) is 3.00. The zero-order valence-electron chi connectivity index (χ0n) is 13.9. The molecule has 3 atom stereocenters. The van der Waals surface area contributed by atoms with E-state index in [1.165, 1.54) is 19.1 Å². The van der Waals surface area contributed by atoms with Crippen LogP contribution in [0.15, 0.2) is 48.5 Å². The second-order valence-electron chi connectivity index (χ2n) is 6.21. The Morgan fingerprint density at radius 2 is 1.84 bits per heavy atom. The third kappa shape index (κ3) is 3.60. The van der Waals surface area contributed by atoms with Crippen molar-refractivity contribution in [2.24, 2.45) is 0 Å². The number of phenols is 2. The summed E-state index contributed by atoms with van der Waals surface area (Å²) in [7, 11) is 0. The summed E-state index contributed by atoms with van der Waals surface area (Å²) in [4.78, 5) is 17.0. The summed E-state index contributed by atoms with van der Waals surface area (Å²) in [6.45, 7) is 1.33. The number of phenolic OH excluding ortho intramolecular Hbond substituents is 2. The van der Waals surface area contributed by atoms with Gasteiger partial charge in [0.2, 0.25) is 0 Å². The van der Waals surface area contributed by atoms with Crippen LogP contribution in [0.1, 0.15) is 43.0 Å². The van der Waals surface area contributed by atoms with Crippen molar-refractivity contribution in [3.63, 3.8) is 0 Å². The van der Waals surface area contributed by atoms with Gasteiger partial charge in [-0.2, -0.15) is 0 Å². The van der Waals surface area contributed by atoms with E-state index in [-0.39, 0.29) is 17.5 Å². The minimum Gasteiger partial charge on any atom is -0.504 e. The first-order valence-corrected chi connectivity index (χ1v) is 8.19.